The number of aryl methyl sites for hydroxylation is 1. The third-order valence-electron chi connectivity index (χ3n) is 4.60. The maximum atomic E-state index is 13.1. The minimum absolute atomic E-state index is 0. The minimum Gasteiger partial charge on any atom is -0.329 e. The van der Waals surface area contributed by atoms with Crippen LogP contribution < -0.4 is 5.32 Å². The second-order valence-electron chi connectivity index (χ2n) is 6.49. The van der Waals surface area contributed by atoms with Crippen LogP contribution in [0.4, 0.5) is 0 Å². The van der Waals surface area contributed by atoms with Gasteiger partial charge in [-0.05, 0) is 36.2 Å². The Morgan fingerprint density at radius 3 is 2.59 bits per heavy atom. The zero-order valence-corrected chi connectivity index (χ0v) is 17.5. The van der Waals surface area contributed by atoms with Gasteiger partial charge in [0.25, 0.3) is 5.91 Å². The van der Waals surface area contributed by atoms with Crippen LogP contribution >= 0.6 is 24.0 Å². The van der Waals surface area contributed by atoms with Crippen molar-refractivity contribution in [1.29, 1.82) is 0 Å². The van der Waals surface area contributed by atoms with Crippen molar-refractivity contribution < 1.29 is 13.2 Å². The summed E-state index contributed by atoms with van der Waals surface area (Å²) in [7, 11) is -3.40. The van der Waals surface area contributed by atoms with Crippen molar-refractivity contribution in [3.05, 3.63) is 64.2 Å². The van der Waals surface area contributed by atoms with Crippen LogP contribution in [0.5, 0.6) is 0 Å². The average Bonchev–Trinajstić information content (AvgIpc) is 2.61. The number of rotatable bonds is 3. The van der Waals surface area contributed by atoms with E-state index in [0.717, 1.165) is 11.8 Å². The van der Waals surface area contributed by atoms with Crippen molar-refractivity contribution in [2.24, 2.45) is 0 Å². The molecule has 1 aliphatic heterocycles. The molecule has 0 aromatic heterocycles. The molecule has 1 saturated heterocycles. The van der Waals surface area contributed by atoms with Gasteiger partial charge in [-0.1, -0.05) is 35.9 Å². The van der Waals surface area contributed by atoms with Crippen LogP contribution in [0.3, 0.4) is 0 Å². The maximum absolute atomic E-state index is 13.1. The molecule has 0 spiro atoms. The van der Waals surface area contributed by atoms with Gasteiger partial charge < -0.3 is 10.2 Å². The molecule has 1 fully saturated rings. The Kier molecular flexibility index (Phi) is 6.92. The number of sulfone groups is 1. The highest BCUT2D eigenvalue weighted by molar-refractivity contribution is 7.90. The van der Waals surface area contributed by atoms with E-state index in [2.05, 4.69) is 5.32 Å². The van der Waals surface area contributed by atoms with E-state index < -0.39 is 9.84 Å². The van der Waals surface area contributed by atoms with Crippen molar-refractivity contribution in [3.8, 4) is 0 Å². The number of piperazine rings is 1. The summed E-state index contributed by atoms with van der Waals surface area (Å²) in [4.78, 5) is 15.1. The Hall–Kier alpha value is -1.60. The molecule has 1 amide bonds. The number of nitrogens with one attached hydrogen (secondary N) is 1. The minimum atomic E-state index is -3.40. The fourth-order valence-corrected chi connectivity index (χ4v) is 4.52. The quantitative estimate of drug-likeness (QED) is 0.814. The maximum Gasteiger partial charge on any atom is 0.254 e. The molecule has 1 atom stereocenters. The third-order valence-corrected chi connectivity index (χ3v) is 6.19. The first-order valence-electron chi connectivity index (χ1n) is 8.36. The normalized spacial score (nSPS) is 17.3. The summed E-state index contributed by atoms with van der Waals surface area (Å²) in [6, 6.07) is 12.1. The molecule has 0 aliphatic carbocycles. The molecule has 1 N–H and O–H groups in total. The summed E-state index contributed by atoms with van der Waals surface area (Å²) in [6.07, 6.45) is 1.15. The standard InChI is InChI=1S/C19H21ClN2O3S.ClH/c1-13-7-8-14(11-18(13)26(2,24)25)19(23)22-10-9-21-12-17(22)15-5-3-4-6-16(15)20;/h3-8,11,17,21H,9-10,12H2,1-2H3;1H. The van der Waals surface area contributed by atoms with Gasteiger partial charge >= 0.3 is 0 Å². The van der Waals surface area contributed by atoms with E-state index in [-0.39, 0.29) is 29.3 Å². The van der Waals surface area contributed by atoms with Gasteiger partial charge in [0.2, 0.25) is 0 Å². The van der Waals surface area contributed by atoms with Gasteiger partial charge in [0.1, 0.15) is 0 Å². The number of halogens is 2. The van der Waals surface area contributed by atoms with Gasteiger partial charge in [-0.15, -0.1) is 12.4 Å². The smallest absolute Gasteiger partial charge is 0.254 e. The molecular formula is C19H22Cl2N2O3S. The Morgan fingerprint density at radius 1 is 1.22 bits per heavy atom. The van der Waals surface area contributed by atoms with Gasteiger partial charge in [0.15, 0.2) is 9.84 Å². The summed E-state index contributed by atoms with van der Waals surface area (Å²) in [6.45, 7) is 3.52. The predicted molar refractivity (Wildman–Crippen MR) is 110 cm³/mol. The monoisotopic (exact) mass is 428 g/mol. The first-order chi connectivity index (χ1) is 12.3. The van der Waals surface area contributed by atoms with E-state index in [1.807, 2.05) is 24.3 Å². The molecule has 2 aromatic rings. The van der Waals surface area contributed by atoms with E-state index >= 15 is 0 Å². The predicted octanol–water partition coefficient (Wildman–Crippen LogP) is 3.26. The summed E-state index contributed by atoms with van der Waals surface area (Å²) >= 11 is 6.33. The van der Waals surface area contributed by atoms with Gasteiger partial charge in [0, 0.05) is 36.5 Å². The highest BCUT2D eigenvalue weighted by Gasteiger charge is 2.30. The Labute approximate surface area is 171 Å². The molecule has 1 heterocycles. The van der Waals surface area contributed by atoms with Crippen LogP contribution in [0.1, 0.15) is 27.5 Å². The second kappa shape index (κ2) is 8.61. The summed E-state index contributed by atoms with van der Waals surface area (Å²) in [5.41, 5.74) is 1.88. The number of nitrogens with zero attached hydrogens (tertiary/aromatic N) is 1. The van der Waals surface area contributed by atoms with Crippen molar-refractivity contribution >= 4 is 39.8 Å². The van der Waals surface area contributed by atoms with Crippen LogP contribution in [0.15, 0.2) is 47.4 Å². The average molecular weight is 429 g/mol. The second-order valence-corrected chi connectivity index (χ2v) is 8.88. The van der Waals surface area contributed by atoms with Gasteiger partial charge in [0.05, 0.1) is 10.9 Å². The lowest BCUT2D eigenvalue weighted by Crippen LogP contribution is -2.48. The largest absolute Gasteiger partial charge is 0.329 e. The highest BCUT2D eigenvalue weighted by Crippen LogP contribution is 2.30. The Balaban J connectivity index is 0.00000261. The molecule has 0 bridgehead atoms. The first-order valence-corrected chi connectivity index (χ1v) is 10.6. The van der Waals surface area contributed by atoms with Crippen molar-refractivity contribution in [3.63, 3.8) is 0 Å². The molecule has 1 aliphatic rings. The number of carbonyl (C=O) groups excluding carboxylic acids is 1. The SMILES string of the molecule is Cc1ccc(C(=O)N2CCNCC2c2ccccc2Cl)cc1S(C)(=O)=O.Cl. The number of carbonyl (C=O) groups is 1. The molecular weight excluding hydrogens is 407 g/mol. The van der Waals surface area contributed by atoms with E-state index in [9.17, 15) is 13.2 Å². The highest BCUT2D eigenvalue weighted by atomic mass is 35.5. The van der Waals surface area contributed by atoms with Crippen LogP contribution in [-0.4, -0.2) is 45.1 Å². The number of hydrogen-bond donors (Lipinski definition) is 1. The van der Waals surface area contributed by atoms with Crippen molar-refractivity contribution in [1.82, 2.24) is 10.2 Å². The summed E-state index contributed by atoms with van der Waals surface area (Å²) < 4.78 is 24.0. The van der Waals surface area contributed by atoms with Crippen molar-refractivity contribution in [2.75, 3.05) is 25.9 Å². The number of hydrogen-bond acceptors (Lipinski definition) is 4. The summed E-state index contributed by atoms with van der Waals surface area (Å²) in [5.74, 6) is -0.193. The van der Waals surface area contributed by atoms with Crippen LogP contribution in [0.25, 0.3) is 0 Å². The van der Waals surface area contributed by atoms with E-state index in [1.54, 1.807) is 24.0 Å². The van der Waals surface area contributed by atoms with Crippen LogP contribution in [0.2, 0.25) is 5.02 Å². The Bertz CT molecular complexity index is 948. The fourth-order valence-electron chi connectivity index (χ4n) is 3.27. The van der Waals surface area contributed by atoms with Crippen LogP contribution in [-0.2, 0) is 9.84 Å². The summed E-state index contributed by atoms with van der Waals surface area (Å²) in [5, 5.41) is 3.90. The molecule has 8 heteroatoms. The van der Waals surface area contributed by atoms with Gasteiger partial charge in [-0.2, -0.15) is 0 Å². The molecule has 146 valence electrons. The van der Waals surface area contributed by atoms with Gasteiger partial charge in [-0.25, -0.2) is 8.42 Å². The molecule has 0 radical (unpaired) electrons. The number of benzene rings is 2. The zero-order valence-electron chi connectivity index (χ0n) is 15.1. The third kappa shape index (κ3) is 4.63. The first kappa shape index (κ1) is 21.7. The lowest BCUT2D eigenvalue weighted by Gasteiger charge is -2.37. The molecule has 2 aromatic carbocycles. The van der Waals surface area contributed by atoms with Crippen LogP contribution in [0, 0.1) is 6.92 Å². The molecule has 3 rings (SSSR count). The van der Waals surface area contributed by atoms with Gasteiger partial charge in [-0.3, -0.25) is 4.79 Å². The zero-order chi connectivity index (χ0) is 18.9. The van der Waals surface area contributed by atoms with Crippen molar-refractivity contribution in [2.45, 2.75) is 17.9 Å². The topological polar surface area (TPSA) is 66.5 Å². The Morgan fingerprint density at radius 2 is 1.93 bits per heavy atom. The lowest BCUT2D eigenvalue weighted by molar-refractivity contribution is 0.0634. The van der Waals surface area contributed by atoms with E-state index in [4.69, 9.17) is 11.6 Å². The molecule has 0 saturated carbocycles. The lowest BCUT2D eigenvalue weighted by atomic mass is 10.0. The molecule has 5 nitrogen and oxygen atoms in total. The van der Waals surface area contributed by atoms with E-state index in [1.165, 1.54) is 6.07 Å². The number of amides is 1. The molecule has 27 heavy (non-hydrogen) atoms. The fraction of sp³-hybridized carbons (Fsp3) is 0.316. The van der Waals surface area contributed by atoms with E-state index in [0.29, 0.717) is 35.8 Å². The molecule has 1 unspecified atom stereocenters.